The minimum absolute atomic E-state index is 0.182. The maximum absolute atomic E-state index is 12.8. The van der Waals surface area contributed by atoms with Gasteiger partial charge in [-0.2, -0.15) is 0 Å². The van der Waals surface area contributed by atoms with Crippen LogP contribution in [-0.4, -0.2) is 37.4 Å². The van der Waals surface area contributed by atoms with Gasteiger partial charge in [-0.25, -0.2) is 8.42 Å². The zero-order valence-electron chi connectivity index (χ0n) is 15.6. The largest absolute Gasteiger partial charge is 0.507 e. The lowest BCUT2D eigenvalue weighted by molar-refractivity contribution is 0.0748. The van der Waals surface area contributed by atoms with Crippen LogP contribution in [0, 0.1) is 0 Å². The topological polar surface area (TPSA) is 86.7 Å². The number of benzene rings is 1. The van der Waals surface area contributed by atoms with Crippen LogP contribution in [0.15, 0.2) is 39.9 Å². The molecule has 8 heteroatoms. The number of rotatable bonds is 10. The summed E-state index contributed by atoms with van der Waals surface area (Å²) in [7, 11) is -3.70. The summed E-state index contributed by atoms with van der Waals surface area (Å²) in [6.07, 6.45) is 3.75. The summed E-state index contributed by atoms with van der Waals surface area (Å²) >= 11 is 1.11. The number of nitrogens with zero attached hydrogens (tertiary/aromatic N) is 1. The quantitative estimate of drug-likeness (QED) is 0.611. The standard InChI is InChI=1S/C19H26N2O4S2/c1-3-5-11-21(12-6-4-2)19(23)16-10-9-15(14-17(16)22)20-27(24,25)18-8-7-13-26-18/h7-10,13-14,20,22H,3-6,11-12H2,1-2H3. The molecule has 2 aromatic rings. The Morgan fingerprint density at radius 2 is 1.81 bits per heavy atom. The Bertz CT molecular complexity index is 841. The zero-order valence-corrected chi connectivity index (χ0v) is 17.3. The van der Waals surface area contributed by atoms with Gasteiger partial charge in [0.15, 0.2) is 0 Å². The van der Waals surface area contributed by atoms with Crippen molar-refractivity contribution in [2.24, 2.45) is 0 Å². The van der Waals surface area contributed by atoms with Gasteiger partial charge in [-0.15, -0.1) is 11.3 Å². The third-order valence-corrected chi connectivity index (χ3v) is 6.87. The normalized spacial score (nSPS) is 11.3. The number of aromatic hydroxyl groups is 1. The number of unbranched alkanes of at least 4 members (excludes halogenated alkanes) is 2. The number of nitrogens with one attached hydrogen (secondary N) is 1. The third kappa shape index (κ3) is 5.71. The predicted octanol–water partition coefficient (Wildman–Crippen LogP) is 4.30. The number of hydrogen-bond acceptors (Lipinski definition) is 5. The first kappa shape index (κ1) is 21.2. The molecule has 1 aromatic heterocycles. The lowest BCUT2D eigenvalue weighted by Crippen LogP contribution is -2.33. The SMILES string of the molecule is CCCCN(CCCC)C(=O)c1ccc(NS(=O)(=O)c2cccs2)cc1O. The number of phenols is 1. The summed E-state index contributed by atoms with van der Waals surface area (Å²) in [5.41, 5.74) is 0.396. The van der Waals surface area contributed by atoms with Crippen molar-refractivity contribution in [3.8, 4) is 5.75 Å². The maximum atomic E-state index is 12.8. The van der Waals surface area contributed by atoms with E-state index in [1.54, 1.807) is 16.3 Å². The summed E-state index contributed by atoms with van der Waals surface area (Å²) in [5.74, 6) is -0.466. The summed E-state index contributed by atoms with van der Waals surface area (Å²) in [4.78, 5) is 14.5. The van der Waals surface area contributed by atoms with Crippen molar-refractivity contribution in [3.63, 3.8) is 0 Å². The van der Waals surface area contributed by atoms with E-state index in [1.165, 1.54) is 24.3 Å². The molecular weight excluding hydrogens is 384 g/mol. The first-order valence-corrected chi connectivity index (χ1v) is 11.4. The number of anilines is 1. The van der Waals surface area contributed by atoms with E-state index in [2.05, 4.69) is 18.6 Å². The van der Waals surface area contributed by atoms with Gasteiger partial charge in [-0.1, -0.05) is 32.8 Å². The van der Waals surface area contributed by atoms with Gasteiger partial charge in [-0.3, -0.25) is 9.52 Å². The third-order valence-electron chi connectivity index (χ3n) is 4.09. The van der Waals surface area contributed by atoms with Gasteiger partial charge < -0.3 is 10.0 Å². The van der Waals surface area contributed by atoms with E-state index in [9.17, 15) is 18.3 Å². The van der Waals surface area contributed by atoms with E-state index in [-0.39, 0.29) is 27.1 Å². The second-order valence-corrected chi connectivity index (χ2v) is 9.13. The number of hydrogen-bond donors (Lipinski definition) is 2. The minimum atomic E-state index is -3.70. The van der Waals surface area contributed by atoms with Gasteiger partial charge >= 0.3 is 0 Å². The monoisotopic (exact) mass is 410 g/mol. The summed E-state index contributed by atoms with van der Waals surface area (Å²) in [6.45, 7) is 5.41. The van der Waals surface area contributed by atoms with Crippen molar-refractivity contribution >= 4 is 33.0 Å². The molecule has 0 unspecified atom stereocenters. The van der Waals surface area contributed by atoms with Crippen molar-refractivity contribution in [3.05, 3.63) is 41.3 Å². The number of phenolic OH excluding ortho intramolecular Hbond substituents is 1. The minimum Gasteiger partial charge on any atom is -0.507 e. The first-order valence-electron chi connectivity index (χ1n) is 9.07. The van der Waals surface area contributed by atoms with Gasteiger partial charge in [0.05, 0.1) is 11.3 Å². The molecule has 1 aromatic carbocycles. The summed E-state index contributed by atoms with van der Waals surface area (Å²) in [6, 6.07) is 7.39. The van der Waals surface area contributed by atoms with E-state index in [4.69, 9.17) is 0 Å². The Morgan fingerprint density at radius 3 is 2.33 bits per heavy atom. The molecule has 0 radical (unpaired) electrons. The number of amides is 1. The van der Waals surface area contributed by atoms with Crippen molar-refractivity contribution in [2.75, 3.05) is 17.8 Å². The van der Waals surface area contributed by atoms with E-state index in [0.717, 1.165) is 37.0 Å². The molecule has 0 spiro atoms. The second kappa shape index (κ2) is 9.75. The Balaban J connectivity index is 2.18. The van der Waals surface area contributed by atoms with E-state index in [0.29, 0.717) is 13.1 Å². The van der Waals surface area contributed by atoms with Crippen LogP contribution in [-0.2, 0) is 10.0 Å². The molecule has 0 saturated heterocycles. The van der Waals surface area contributed by atoms with Gasteiger partial charge in [0.2, 0.25) is 0 Å². The maximum Gasteiger partial charge on any atom is 0.271 e. The molecule has 2 rings (SSSR count). The number of sulfonamides is 1. The highest BCUT2D eigenvalue weighted by Gasteiger charge is 2.20. The molecule has 1 heterocycles. The molecule has 148 valence electrons. The van der Waals surface area contributed by atoms with E-state index >= 15 is 0 Å². The number of carbonyl (C=O) groups is 1. The van der Waals surface area contributed by atoms with E-state index in [1.807, 2.05) is 0 Å². The van der Waals surface area contributed by atoms with Crippen LogP contribution in [0.2, 0.25) is 0 Å². The van der Waals surface area contributed by atoms with Gasteiger partial charge in [0.25, 0.3) is 15.9 Å². The fraction of sp³-hybridized carbons (Fsp3) is 0.421. The Morgan fingerprint density at radius 1 is 1.15 bits per heavy atom. The molecule has 27 heavy (non-hydrogen) atoms. The Labute approximate surface area is 164 Å². The molecule has 6 nitrogen and oxygen atoms in total. The molecular formula is C19H26N2O4S2. The predicted molar refractivity (Wildman–Crippen MR) is 109 cm³/mol. The Hall–Kier alpha value is -2.06. The van der Waals surface area contributed by atoms with Crippen LogP contribution in [0.25, 0.3) is 0 Å². The smallest absolute Gasteiger partial charge is 0.271 e. The second-order valence-electron chi connectivity index (χ2n) is 6.27. The lowest BCUT2D eigenvalue weighted by Gasteiger charge is -2.23. The van der Waals surface area contributed by atoms with Crippen molar-refractivity contribution in [2.45, 2.75) is 43.7 Å². The van der Waals surface area contributed by atoms with E-state index < -0.39 is 10.0 Å². The highest BCUT2D eigenvalue weighted by atomic mass is 32.2. The fourth-order valence-corrected chi connectivity index (χ4v) is 4.62. The van der Waals surface area contributed by atoms with Crippen LogP contribution >= 0.6 is 11.3 Å². The van der Waals surface area contributed by atoms with Crippen LogP contribution in [0.1, 0.15) is 49.9 Å². The molecule has 1 amide bonds. The average Bonchev–Trinajstić information content (AvgIpc) is 3.17. The van der Waals surface area contributed by atoms with Crippen molar-refractivity contribution < 1.29 is 18.3 Å². The molecule has 0 saturated carbocycles. The van der Waals surface area contributed by atoms with Crippen LogP contribution < -0.4 is 4.72 Å². The molecule has 0 atom stereocenters. The van der Waals surface area contributed by atoms with Crippen LogP contribution in [0.5, 0.6) is 5.75 Å². The average molecular weight is 411 g/mol. The molecule has 2 N–H and O–H groups in total. The highest BCUT2D eigenvalue weighted by Crippen LogP contribution is 2.26. The van der Waals surface area contributed by atoms with Gasteiger partial charge in [-0.05, 0) is 36.4 Å². The zero-order chi connectivity index (χ0) is 19.9. The van der Waals surface area contributed by atoms with Gasteiger partial charge in [0.1, 0.15) is 9.96 Å². The number of thiophene rings is 1. The molecule has 0 aliphatic heterocycles. The highest BCUT2D eigenvalue weighted by molar-refractivity contribution is 7.94. The summed E-state index contributed by atoms with van der Waals surface area (Å²) in [5, 5.41) is 12.0. The molecule has 0 fully saturated rings. The van der Waals surface area contributed by atoms with Crippen molar-refractivity contribution in [1.29, 1.82) is 0 Å². The molecule has 0 aliphatic rings. The van der Waals surface area contributed by atoms with Crippen molar-refractivity contribution in [1.82, 2.24) is 4.90 Å². The molecule has 0 bridgehead atoms. The fourth-order valence-electron chi connectivity index (χ4n) is 2.58. The van der Waals surface area contributed by atoms with Crippen LogP contribution in [0.4, 0.5) is 5.69 Å². The first-order chi connectivity index (χ1) is 12.9. The number of carbonyl (C=O) groups excluding carboxylic acids is 1. The lowest BCUT2D eigenvalue weighted by atomic mass is 10.1. The summed E-state index contributed by atoms with van der Waals surface area (Å²) < 4.78 is 27.2. The van der Waals surface area contributed by atoms with Gasteiger partial charge in [0, 0.05) is 19.2 Å². The molecule has 0 aliphatic carbocycles. The Kier molecular flexibility index (Phi) is 7.67. The van der Waals surface area contributed by atoms with Crippen LogP contribution in [0.3, 0.4) is 0 Å².